The fourth-order valence-electron chi connectivity index (χ4n) is 0.854. The SMILES string of the molecule is FC(F)[C@H]1CNCCN1. The van der Waals surface area contributed by atoms with E-state index in [2.05, 4.69) is 10.6 Å². The van der Waals surface area contributed by atoms with Gasteiger partial charge in [-0.25, -0.2) is 8.78 Å². The van der Waals surface area contributed by atoms with Crippen LogP contribution in [0.25, 0.3) is 0 Å². The predicted octanol–water partition coefficient (Wildman–Crippen LogP) is -0.187. The van der Waals surface area contributed by atoms with Gasteiger partial charge in [0.05, 0.1) is 6.04 Å². The van der Waals surface area contributed by atoms with Crippen molar-refractivity contribution in [1.82, 2.24) is 10.6 Å². The first-order valence-corrected chi connectivity index (χ1v) is 3.03. The normalized spacial score (nSPS) is 29.0. The molecule has 2 nitrogen and oxygen atoms in total. The summed E-state index contributed by atoms with van der Waals surface area (Å²) >= 11 is 0. The Morgan fingerprint density at radius 3 is 2.44 bits per heavy atom. The van der Waals surface area contributed by atoms with Crippen LogP contribution >= 0.6 is 0 Å². The average molecular weight is 136 g/mol. The van der Waals surface area contributed by atoms with E-state index in [1.165, 1.54) is 0 Å². The summed E-state index contributed by atoms with van der Waals surface area (Å²) in [6.07, 6.45) is -2.24. The second-order valence-corrected chi connectivity index (χ2v) is 2.10. The lowest BCUT2D eigenvalue weighted by Crippen LogP contribution is -2.51. The molecule has 1 aliphatic rings. The molecule has 2 N–H and O–H groups in total. The minimum absolute atomic E-state index is 0.387. The molecule has 0 aromatic carbocycles. The molecule has 4 heteroatoms. The van der Waals surface area contributed by atoms with E-state index in [9.17, 15) is 8.78 Å². The van der Waals surface area contributed by atoms with Crippen molar-refractivity contribution in [3.63, 3.8) is 0 Å². The molecule has 0 bridgehead atoms. The van der Waals surface area contributed by atoms with Crippen LogP contribution in [0.2, 0.25) is 0 Å². The molecule has 1 heterocycles. The molecule has 0 spiro atoms. The summed E-state index contributed by atoms with van der Waals surface area (Å²) in [5, 5.41) is 5.58. The maximum Gasteiger partial charge on any atom is 0.254 e. The maximum absolute atomic E-state index is 11.8. The van der Waals surface area contributed by atoms with Crippen molar-refractivity contribution < 1.29 is 8.78 Å². The average Bonchev–Trinajstić information content (AvgIpc) is 1.90. The topological polar surface area (TPSA) is 24.1 Å². The van der Waals surface area contributed by atoms with Crippen LogP contribution in [0.5, 0.6) is 0 Å². The molecule has 0 aromatic rings. The van der Waals surface area contributed by atoms with Crippen LogP contribution in [0, 0.1) is 0 Å². The van der Waals surface area contributed by atoms with Gasteiger partial charge in [0, 0.05) is 19.6 Å². The zero-order valence-electron chi connectivity index (χ0n) is 5.03. The van der Waals surface area contributed by atoms with Gasteiger partial charge < -0.3 is 10.6 Å². The van der Waals surface area contributed by atoms with Crippen molar-refractivity contribution in [3.8, 4) is 0 Å². The molecule has 1 saturated heterocycles. The molecule has 0 radical (unpaired) electrons. The summed E-state index contributed by atoms with van der Waals surface area (Å²) in [7, 11) is 0. The van der Waals surface area contributed by atoms with Gasteiger partial charge in [-0.15, -0.1) is 0 Å². The quantitative estimate of drug-likeness (QED) is 0.522. The molecule has 0 amide bonds. The highest BCUT2D eigenvalue weighted by atomic mass is 19.3. The summed E-state index contributed by atoms with van der Waals surface area (Å²) in [6, 6.07) is -0.640. The fraction of sp³-hybridized carbons (Fsp3) is 1.00. The summed E-state index contributed by atoms with van der Waals surface area (Å²) < 4.78 is 23.6. The highest BCUT2D eigenvalue weighted by Gasteiger charge is 2.20. The Morgan fingerprint density at radius 1 is 1.33 bits per heavy atom. The molecule has 1 aliphatic heterocycles. The van der Waals surface area contributed by atoms with E-state index in [1.54, 1.807) is 0 Å². The minimum atomic E-state index is -2.24. The number of halogens is 2. The van der Waals surface area contributed by atoms with E-state index in [-0.39, 0.29) is 0 Å². The van der Waals surface area contributed by atoms with E-state index in [1.807, 2.05) is 0 Å². The van der Waals surface area contributed by atoms with Crippen molar-refractivity contribution >= 4 is 0 Å². The Kier molecular flexibility index (Phi) is 2.36. The van der Waals surface area contributed by atoms with Crippen molar-refractivity contribution in [3.05, 3.63) is 0 Å². The number of hydrogen-bond acceptors (Lipinski definition) is 2. The third-order valence-electron chi connectivity index (χ3n) is 1.38. The van der Waals surface area contributed by atoms with E-state index < -0.39 is 12.5 Å². The molecule has 9 heavy (non-hydrogen) atoms. The smallest absolute Gasteiger partial charge is 0.254 e. The van der Waals surface area contributed by atoms with Gasteiger partial charge in [-0.3, -0.25) is 0 Å². The third kappa shape index (κ3) is 1.87. The molecule has 0 aliphatic carbocycles. The maximum atomic E-state index is 11.8. The summed E-state index contributed by atoms with van der Waals surface area (Å²) in [5.74, 6) is 0. The van der Waals surface area contributed by atoms with Gasteiger partial charge in [0.1, 0.15) is 0 Å². The van der Waals surface area contributed by atoms with E-state index in [0.29, 0.717) is 13.1 Å². The van der Waals surface area contributed by atoms with Crippen molar-refractivity contribution in [1.29, 1.82) is 0 Å². The molecular formula is C5H10F2N2. The first-order valence-electron chi connectivity index (χ1n) is 3.03. The first kappa shape index (κ1) is 6.89. The van der Waals surface area contributed by atoms with Gasteiger partial charge in [0.25, 0.3) is 6.43 Å². The monoisotopic (exact) mass is 136 g/mol. The van der Waals surface area contributed by atoms with Gasteiger partial charge in [-0.2, -0.15) is 0 Å². The lowest BCUT2D eigenvalue weighted by Gasteiger charge is -2.23. The zero-order valence-corrected chi connectivity index (χ0v) is 5.03. The van der Waals surface area contributed by atoms with Crippen LogP contribution in [0.1, 0.15) is 0 Å². The zero-order chi connectivity index (χ0) is 6.69. The van der Waals surface area contributed by atoms with Gasteiger partial charge in [0.15, 0.2) is 0 Å². The van der Waals surface area contributed by atoms with Crippen LogP contribution < -0.4 is 10.6 Å². The third-order valence-corrected chi connectivity index (χ3v) is 1.38. The predicted molar refractivity (Wildman–Crippen MR) is 30.7 cm³/mol. The Hall–Kier alpha value is -0.220. The van der Waals surface area contributed by atoms with Crippen LogP contribution in [-0.2, 0) is 0 Å². The molecular weight excluding hydrogens is 126 g/mol. The van der Waals surface area contributed by atoms with Crippen LogP contribution in [0.4, 0.5) is 8.78 Å². The lowest BCUT2D eigenvalue weighted by molar-refractivity contribution is 0.0911. The van der Waals surface area contributed by atoms with Crippen molar-refractivity contribution in [2.45, 2.75) is 12.5 Å². The molecule has 1 rings (SSSR count). The van der Waals surface area contributed by atoms with Crippen LogP contribution in [-0.4, -0.2) is 32.1 Å². The summed E-state index contributed by atoms with van der Waals surface area (Å²) in [6.45, 7) is 1.83. The number of rotatable bonds is 1. The Labute approximate surface area is 52.6 Å². The number of piperazine rings is 1. The fourth-order valence-corrected chi connectivity index (χ4v) is 0.854. The Morgan fingerprint density at radius 2 is 2.11 bits per heavy atom. The van der Waals surface area contributed by atoms with Crippen molar-refractivity contribution in [2.75, 3.05) is 19.6 Å². The van der Waals surface area contributed by atoms with Crippen LogP contribution in [0.15, 0.2) is 0 Å². The second kappa shape index (κ2) is 3.08. The van der Waals surface area contributed by atoms with Gasteiger partial charge in [-0.05, 0) is 0 Å². The Balaban J connectivity index is 2.23. The lowest BCUT2D eigenvalue weighted by atomic mass is 10.2. The highest BCUT2D eigenvalue weighted by molar-refractivity contribution is 4.76. The van der Waals surface area contributed by atoms with E-state index in [4.69, 9.17) is 0 Å². The van der Waals surface area contributed by atoms with Gasteiger partial charge >= 0.3 is 0 Å². The van der Waals surface area contributed by atoms with Crippen molar-refractivity contribution in [2.24, 2.45) is 0 Å². The highest BCUT2D eigenvalue weighted by Crippen LogP contribution is 2.00. The largest absolute Gasteiger partial charge is 0.314 e. The molecule has 54 valence electrons. The number of hydrogen-bond donors (Lipinski definition) is 2. The standard InChI is InChI=1S/C5H10F2N2/c6-5(7)4-3-8-1-2-9-4/h4-5,8-9H,1-3H2/t4-/m1/s1. The Bertz CT molecular complexity index is 81.0. The molecule has 1 fully saturated rings. The summed E-state index contributed by atoms with van der Waals surface area (Å²) in [5.41, 5.74) is 0. The molecule has 0 aromatic heterocycles. The summed E-state index contributed by atoms with van der Waals surface area (Å²) in [4.78, 5) is 0. The number of alkyl halides is 2. The van der Waals surface area contributed by atoms with Gasteiger partial charge in [0.2, 0.25) is 0 Å². The first-order chi connectivity index (χ1) is 4.30. The minimum Gasteiger partial charge on any atom is -0.314 e. The molecule has 1 atom stereocenters. The van der Waals surface area contributed by atoms with Crippen LogP contribution in [0.3, 0.4) is 0 Å². The van der Waals surface area contributed by atoms with E-state index in [0.717, 1.165) is 6.54 Å². The molecule has 0 unspecified atom stereocenters. The van der Waals surface area contributed by atoms with E-state index >= 15 is 0 Å². The molecule has 0 saturated carbocycles. The second-order valence-electron chi connectivity index (χ2n) is 2.10. The number of nitrogens with one attached hydrogen (secondary N) is 2. The van der Waals surface area contributed by atoms with Gasteiger partial charge in [-0.1, -0.05) is 0 Å².